The van der Waals surface area contributed by atoms with Gasteiger partial charge in [0, 0.05) is 21.3 Å². The molecule has 0 spiro atoms. The highest BCUT2D eigenvalue weighted by Gasteiger charge is 2.40. The molecule has 0 radical (unpaired) electrons. The molecule has 28 heavy (non-hydrogen) atoms. The minimum atomic E-state index is -2.42. The Labute approximate surface area is 172 Å². The average molecular weight is 426 g/mol. The van der Waals surface area contributed by atoms with E-state index in [0.29, 0.717) is 46.1 Å². The maximum Gasteiger partial charge on any atom is 0.484 e. The smallest absolute Gasteiger partial charge is 0.382 e. The Hall–Kier alpha value is -0.143. The summed E-state index contributed by atoms with van der Waals surface area (Å²) in [5.41, 5.74) is 16.8. The maximum absolute atomic E-state index is 6.42. The van der Waals surface area contributed by atoms with E-state index < -0.39 is 15.1 Å². The van der Waals surface area contributed by atoms with E-state index in [0.717, 1.165) is 38.5 Å². The van der Waals surface area contributed by atoms with Crippen LogP contribution in [0.5, 0.6) is 0 Å². The molecular weight excluding hydrogens is 382 g/mol. The van der Waals surface area contributed by atoms with Crippen LogP contribution in [0.2, 0.25) is 0 Å². The standard InChI is InChI=1S/C18H43N3O6Si/c1-22-13-15-25-28(26-16-14-23-2)27-17(7-4-10-19)18(24-3,8-5-11-20)9-6-12-21/h17,28H,4-16,19-21H2,1-3H3. The topological polar surface area (TPSA) is 133 Å². The molecule has 0 aliphatic rings. The zero-order valence-electron chi connectivity index (χ0n) is 18.0. The van der Waals surface area contributed by atoms with Gasteiger partial charge in [-0.2, -0.15) is 0 Å². The Bertz CT molecular complexity index is 326. The normalized spacial score (nSPS) is 13.4. The Kier molecular flexibility index (Phi) is 18.8. The van der Waals surface area contributed by atoms with Gasteiger partial charge in [-0.05, 0) is 58.2 Å². The first kappa shape index (κ1) is 27.9. The van der Waals surface area contributed by atoms with Gasteiger partial charge in [0.25, 0.3) is 0 Å². The van der Waals surface area contributed by atoms with E-state index in [1.54, 1.807) is 21.3 Å². The number of rotatable bonds is 21. The van der Waals surface area contributed by atoms with E-state index in [1.165, 1.54) is 0 Å². The van der Waals surface area contributed by atoms with Gasteiger partial charge in [-0.15, -0.1) is 0 Å². The lowest BCUT2D eigenvalue weighted by Gasteiger charge is -2.41. The summed E-state index contributed by atoms with van der Waals surface area (Å²) < 4.78 is 34.3. The zero-order valence-corrected chi connectivity index (χ0v) is 19.2. The molecule has 170 valence electrons. The summed E-state index contributed by atoms with van der Waals surface area (Å²) in [5, 5.41) is 0. The molecule has 0 fully saturated rings. The van der Waals surface area contributed by atoms with E-state index in [9.17, 15) is 0 Å². The van der Waals surface area contributed by atoms with Crippen molar-refractivity contribution in [1.29, 1.82) is 0 Å². The predicted octanol–water partition coefficient (Wildman–Crippen LogP) is 0.0167. The highest BCUT2D eigenvalue weighted by atomic mass is 28.3. The molecule has 1 atom stereocenters. The molecular formula is C18H43N3O6Si. The van der Waals surface area contributed by atoms with Crippen LogP contribution in [0.25, 0.3) is 0 Å². The molecule has 0 saturated heterocycles. The lowest BCUT2D eigenvalue weighted by atomic mass is 9.84. The predicted molar refractivity (Wildman–Crippen MR) is 112 cm³/mol. The summed E-state index contributed by atoms with van der Waals surface area (Å²) in [6.07, 6.45) is 4.60. The molecule has 1 unspecified atom stereocenters. The molecule has 0 saturated carbocycles. The minimum absolute atomic E-state index is 0.207. The van der Waals surface area contributed by atoms with Crippen molar-refractivity contribution in [2.24, 2.45) is 17.2 Å². The highest BCUT2D eigenvalue weighted by molar-refractivity contribution is 6.36. The van der Waals surface area contributed by atoms with Crippen molar-refractivity contribution in [3.63, 3.8) is 0 Å². The Balaban J connectivity index is 5.34. The quantitative estimate of drug-likeness (QED) is 0.172. The first-order valence-electron chi connectivity index (χ1n) is 10.2. The third-order valence-corrected chi connectivity index (χ3v) is 6.20. The van der Waals surface area contributed by atoms with E-state index in [-0.39, 0.29) is 6.10 Å². The summed E-state index contributed by atoms with van der Waals surface area (Å²) in [5.74, 6) is 0. The SMILES string of the molecule is COCCO[SiH](OCCOC)OC(CCCN)C(CCCN)(CCCN)OC. The van der Waals surface area contributed by atoms with Crippen LogP contribution in [0.4, 0.5) is 0 Å². The molecule has 0 heterocycles. The summed E-state index contributed by atoms with van der Waals surface area (Å²) in [6.45, 7) is 3.53. The second-order valence-corrected chi connectivity index (χ2v) is 8.14. The summed E-state index contributed by atoms with van der Waals surface area (Å²) in [6, 6.07) is 0. The van der Waals surface area contributed by atoms with Crippen molar-refractivity contribution in [2.45, 2.75) is 50.2 Å². The van der Waals surface area contributed by atoms with Crippen LogP contribution in [0.15, 0.2) is 0 Å². The monoisotopic (exact) mass is 425 g/mol. The molecule has 0 amide bonds. The van der Waals surface area contributed by atoms with Crippen LogP contribution in [0, 0.1) is 0 Å². The lowest BCUT2D eigenvalue weighted by molar-refractivity contribution is -0.123. The van der Waals surface area contributed by atoms with E-state index in [2.05, 4.69) is 0 Å². The molecule has 6 N–H and O–H groups in total. The molecule has 0 rings (SSSR count). The first-order chi connectivity index (χ1) is 13.6. The van der Waals surface area contributed by atoms with Gasteiger partial charge in [0.1, 0.15) is 0 Å². The van der Waals surface area contributed by atoms with Crippen molar-refractivity contribution in [1.82, 2.24) is 0 Å². The number of hydrogen-bond acceptors (Lipinski definition) is 9. The van der Waals surface area contributed by atoms with Gasteiger partial charge < -0.3 is 44.7 Å². The van der Waals surface area contributed by atoms with Crippen LogP contribution in [0.1, 0.15) is 38.5 Å². The van der Waals surface area contributed by atoms with Crippen LogP contribution >= 0.6 is 0 Å². The average Bonchev–Trinajstić information content (AvgIpc) is 2.71. The summed E-state index contributed by atoms with van der Waals surface area (Å²) in [4.78, 5) is 0. The van der Waals surface area contributed by atoms with E-state index in [4.69, 9.17) is 44.7 Å². The second kappa shape index (κ2) is 18.9. The number of nitrogens with two attached hydrogens (primary N) is 3. The van der Waals surface area contributed by atoms with Gasteiger partial charge in [0.15, 0.2) is 0 Å². The van der Waals surface area contributed by atoms with Crippen molar-refractivity contribution >= 4 is 9.53 Å². The third-order valence-electron chi connectivity index (χ3n) is 4.63. The molecule has 0 aliphatic heterocycles. The molecule has 10 heteroatoms. The summed E-state index contributed by atoms with van der Waals surface area (Å²) >= 11 is 0. The highest BCUT2D eigenvalue weighted by Crippen LogP contribution is 2.32. The Morgan fingerprint density at radius 3 is 1.64 bits per heavy atom. The van der Waals surface area contributed by atoms with Crippen molar-refractivity contribution in [3.8, 4) is 0 Å². The van der Waals surface area contributed by atoms with Gasteiger partial charge in [-0.3, -0.25) is 0 Å². The number of methoxy groups -OCH3 is 3. The van der Waals surface area contributed by atoms with Crippen LogP contribution < -0.4 is 17.2 Å². The fourth-order valence-electron chi connectivity index (χ4n) is 3.06. The van der Waals surface area contributed by atoms with Crippen molar-refractivity contribution in [3.05, 3.63) is 0 Å². The van der Waals surface area contributed by atoms with Gasteiger partial charge in [0.2, 0.25) is 0 Å². The van der Waals surface area contributed by atoms with Gasteiger partial charge in [-0.1, -0.05) is 0 Å². The summed E-state index contributed by atoms with van der Waals surface area (Å²) in [7, 11) is 2.56. The van der Waals surface area contributed by atoms with Crippen LogP contribution in [-0.4, -0.2) is 88.6 Å². The van der Waals surface area contributed by atoms with Crippen molar-refractivity contribution < 1.29 is 27.5 Å². The molecule has 0 aliphatic carbocycles. The molecule has 9 nitrogen and oxygen atoms in total. The first-order valence-corrected chi connectivity index (χ1v) is 11.6. The molecule has 0 bridgehead atoms. The van der Waals surface area contributed by atoms with Gasteiger partial charge >= 0.3 is 9.53 Å². The van der Waals surface area contributed by atoms with Gasteiger partial charge in [0.05, 0.1) is 38.1 Å². The number of ether oxygens (including phenoxy) is 3. The number of hydrogen-bond donors (Lipinski definition) is 3. The van der Waals surface area contributed by atoms with Crippen LogP contribution in [-0.2, 0) is 27.5 Å². The maximum atomic E-state index is 6.42. The second-order valence-electron chi connectivity index (χ2n) is 6.62. The molecule has 0 aromatic carbocycles. The minimum Gasteiger partial charge on any atom is -0.382 e. The largest absolute Gasteiger partial charge is 0.484 e. The van der Waals surface area contributed by atoms with Gasteiger partial charge in [-0.25, -0.2) is 0 Å². The Morgan fingerprint density at radius 1 is 0.750 bits per heavy atom. The van der Waals surface area contributed by atoms with E-state index >= 15 is 0 Å². The lowest BCUT2D eigenvalue weighted by Crippen LogP contribution is -2.50. The third kappa shape index (κ3) is 11.8. The zero-order chi connectivity index (χ0) is 21.1. The molecule has 0 aromatic heterocycles. The fourth-order valence-corrected chi connectivity index (χ4v) is 4.54. The van der Waals surface area contributed by atoms with Crippen molar-refractivity contribution in [2.75, 3.05) is 67.4 Å². The van der Waals surface area contributed by atoms with Crippen LogP contribution in [0.3, 0.4) is 0 Å². The fraction of sp³-hybridized carbons (Fsp3) is 1.00. The Morgan fingerprint density at radius 2 is 1.25 bits per heavy atom. The van der Waals surface area contributed by atoms with E-state index in [1.807, 2.05) is 0 Å². The molecule has 0 aromatic rings.